The van der Waals surface area contributed by atoms with Gasteiger partial charge in [0.05, 0.1) is 11.2 Å². The number of para-hydroxylation sites is 1. The Kier molecular flexibility index (Phi) is 6.20. The lowest BCUT2D eigenvalue weighted by atomic mass is 9.79. The molecule has 0 atom stereocenters. The lowest BCUT2D eigenvalue weighted by molar-refractivity contribution is 0.666. The normalized spacial score (nSPS) is 13.1. The summed E-state index contributed by atoms with van der Waals surface area (Å²) in [6.45, 7) is 4.70. The second-order valence-corrected chi connectivity index (χ2v) is 13.0. The maximum atomic E-state index is 5.34. The zero-order valence-electron chi connectivity index (χ0n) is 26.4. The Balaban J connectivity index is 1.18. The molecule has 7 aromatic carbocycles. The van der Waals surface area contributed by atoms with Gasteiger partial charge in [-0.25, -0.2) is 9.97 Å². The number of benzene rings is 7. The molecule has 2 nitrogen and oxygen atoms in total. The average molecular weight is 601 g/mol. The molecular weight excluding hydrogens is 569 g/mol. The number of rotatable bonds is 4. The van der Waals surface area contributed by atoms with E-state index in [1.807, 2.05) is 0 Å². The minimum atomic E-state index is -0.0945. The van der Waals surface area contributed by atoms with Crippen molar-refractivity contribution in [3.05, 3.63) is 169 Å². The van der Waals surface area contributed by atoms with Crippen molar-refractivity contribution in [3.8, 4) is 56.0 Å². The van der Waals surface area contributed by atoms with Gasteiger partial charge in [-0.2, -0.15) is 0 Å². The molecule has 0 saturated heterocycles. The summed E-state index contributed by atoms with van der Waals surface area (Å²) in [5.74, 6) is 0.729. The zero-order chi connectivity index (χ0) is 31.5. The van der Waals surface area contributed by atoms with E-state index >= 15 is 0 Å². The Labute approximate surface area is 275 Å². The molecule has 0 N–H and O–H groups in total. The molecule has 0 saturated carbocycles. The van der Waals surface area contributed by atoms with Crippen molar-refractivity contribution in [2.45, 2.75) is 19.3 Å². The van der Waals surface area contributed by atoms with Crippen LogP contribution in [0.4, 0.5) is 0 Å². The average Bonchev–Trinajstić information content (AvgIpc) is 3.38. The first kappa shape index (κ1) is 27.5. The molecule has 0 fully saturated rings. The highest BCUT2D eigenvalue weighted by molar-refractivity contribution is 6.07. The molecule has 0 spiro atoms. The minimum Gasteiger partial charge on any atom is -0.228 e. The molecule has 0 amide bonds. The van der Waals surface area contributed by atoms with E-state index in [4.69, 9.17) is 9.97 Å². The Bertz CT molecular complexity index is 2470. The van der Waals surface area contributed by atoms with Crippen molar-refractivity contribution < 1.29 is 0 Å². The smallest absolute Gasteiger partial charge is 0.160 e. The SMILES string of the molecule is CC1(C)c2ccccc2-c2ccc3c(-c4nc(-c5cccc(-c6ccc(-c7ccccc7)cc6)c5)nc5ccccc45)cccc3c21. The van der Waals surface area contributed by atoms with Crippen LogP contribution in [-0.4, -0.2) is 9.97 Å². The van der Waals surface area contributed by atoms with E-state index in [2.05, 4.69) is 172 Å². The van der Waals surface area contributed by atoms with E-state index in [1.54, 1.807) is 0 Å². The number of hydrogen-bond donors (Lipinski definition) is 0. The quantitative estimate of drug-likeness (QED) is 0.201. The first-order chi connectivity index (χ1) is 23.1. The maximum absolute atomic E-state index is 5.34. The second-order valence-electron chi connectivity index (χ2n) is 13.0. The van der Waals surface area contributed by atoms with Gasteiger partial charge in [-0.1, -0.05) is 159 Å². The molecule has 222 valence electrons. The van der Waals surface area contributed by atoms with Crippen LogP contribution in [0.5, 0.6) is 0 Å². The van der Waals surface area contributed by atoms with Crippen LogP contribution in [0.3, 0.4) is 0 Å². The molecule has 2 heteroatoms. The van der Waals surface area contributed by atoms with Gasteiger partial charge >= 0.3 is 0 Å². The van der Waals surface area contributed by atoms with Crippen molar-refractivity contribution >= 4 is 21.7 Å². The van der Waals surface area contributed by atoms with Gasteiger partial charge in [0, 0.05) is 21.9 Å². The highest BCUT2D eigenvalue weighted by Crippen LogP contribution is 2.52. The third-order valence-electron chi connectivity index (χ3n) is 9.88. The lowest BCUT2D eigenvalue weighted by Gasteiger charge is -2.23. The van der Waals surface area contributed by atoms with Crippen LogP contribution < -0.4 is 0 Å². The van der Waals surface area contributed by atoms with Gasteiger partial charge in [-0.3, -0.25) is 0 Å². The fourth-order valence-corrected chi connectivity index (χ4v) is 7.59. The van der Waals surface area contributed by atoms with Crippen LogP contribution >= 0.6 is 0 Å². The molecule has 0 bridgehead atoms. The Hall–Kier alpha value is -5.86. The predicted molar refractivity (Wildman–Crippen MR) is 196 cm³/mol. The number of fused-ring (bicyclic) bond motifs is 6. The standard InChI is InChI=1S/C45H32N2/c1-45(2)40-20-8-6-16-35(40)37-27-26-34-36(42(37)45)18-11-19-38(34)43-39-17-7-9-21-41(39)46-44(47-43)33-15-10-14-32(28-33)31-24-22-30(23-25-31)29-12-4-3-5-13-29/h3-28H,1-2H3. The first-order valence-electron chi connectivity index (χ1n) is 16.3. The summed E-state index contributed by atoms with van der Waals surface area (Å²) < 4.78 is 0. The number of hydrogen-bond acceptors (Lipinski definition) is 2. The van der Waals surface area contributed by atoms with E-state index in [-0.39, 0.29) is 5.41 Å². The van der Waals surface area contributed by atoms with Gasteiger partial charge in [0.25, 0.3) is 0 Å². The summed E-state index contributed by atoms with van der Waals surface area (Å²) in [5.41, 5.74) is 14.1. The van der Waals surface area contributed by atoms with Gasteiger partial charge in [0.2, 0.25) is 0 Å². The van der Waals surface area contributed by atoms with E-state index in [1.165, 1.54) is 49.7 Å². The van der Waals surface area contributed by atoms with Crippen LogP contribution in [0.15, 0.2) is 158 Å². The first-order valence-corrected chi connectivity index (χ1v) is 16.3. The van der Waals surface area contributed by atoms with Crippen LogP contribution in [0.2, 0.25) is 0 Å². The summed E-state index contributed by atoms with van der Waals surface area (Å²) >= 11 is 0. The zero-order valence-corrected chi connectivity index (χ0v) is 26.4. The highest BCUT2D eigenvalue weighted by atomic mass is 14.9. The van der Waals surface area contributed by atoms with E-state index < -0.39 is 0 Å². The van der Waals surface area contributed by atoms with Crippen LogP contribution in [0, 0.1) is 0 Å². The van der Waals surface area contributed by atoms with Gasteiger partial charge in [0.1, 0.15) is 0 Å². The summed E-state index contributed by atoms with van der Waals surface area (Å²) in [7, 11) is 0. The predicted octanol–water partition coefficient (Wildman–Crippen LogP) is 11.8. The van der Waals surface area contributed by atoms with Gasteiger partial charge in [0.15, 0.2) is 5.82 Å². The fraction of sp³-hybridized carbons (Fsp3) is 0.0667. The molecule has 8 aromatic rings. The van der Waals surface area contributed by atoms with E-state index in [9.17, 15) is 0 Å². The van der Waals surface area contributed by atoms with Crippen LogP contribution in [0.25, 0.3) is 77.7 Å². The van der Waals surface area contributed by atoms with Gasteiger partial charge in [-0.05, 0) is 67.4 Å². The number of aromatic nitrogens is 2. The van der Waals surface area contributed by atoms with E-state index in [0.717, 1.165) is 39.1 Å². The monoisotopic (exact) mass is 600 g/mol. The summed E-state index contributed by atoms with van der Waals surface area (Å²) in [4.78, 5) is 10.4. The van der Waals surface area contributed by atoms with Crippen molar-refractivity contribution in [1.29, 1.82) is 0 Å². The van der Waals surface area contributed by atoms with Crippen molar-refractivity contribution in [2.24, 2.45) is 0 Å². The topological polar surface area (TPSA) is 25.8 Å². The second kappa shape index (κ2) is 10.6. The van der Waals surface area contributed by atoms with Crippen molar-refractivity contribution in [1.82, 2.24) is 9.97 Å². The summed E-state index contributed by atoms with van der Waals surface area (Å²) in [6.07, 6.45) is 0. The molecule has 47 heavy (non-hydrogen) atoms. The van der Waals surface area contributed by atoms with Crippen LogP contribution in [0.1, 0.15) is 25.0 Å². The van der Waals surface area contributed by atoms with Gasteiger partial charge < -0.3 is 0 Å². The molecular formula is C45H32N2. The maximum Gasteiger partial charge on any atom is 0.160 e. The molecule has 0 unspecified atom stereocenters. The van der Waals surface area contributed by atoms with Gasteiger partial charge in [-0.15, -0.1) is 0 Å². The molecule has 0 radical (unpaired) electrons. The van der Waals surface area contributed by atoms with Crippen molar-refractivity contribution in [2.75, 3.05) is 0 Å². The summed E-state index contributed by atoms with van der Waals surface area (Å²) in [5, 5.41) is 3.56. The molecule has 9 rings (SSSR count). The van der Waals surface area contributed by atoms with Crippen molar-refractivity contribution in [3.63, 3.8) is 0 Å². The number of nitrogens with zero attached hydrogens (tertiary/aromatic N) is 2. The Morgan fingerprint density at radius 2 is 1.02 bits per heavy atom. The van der Waals surface area contributed by atoms with Crippen LogP contribution in [-0.2, 0) is 5.41 Å². The Morgan fingerprint density at radius 1 is 0.404 bits per heavy atom. The molecule has 1 aliphatic rings. The molecule has 0 aliphatic heterocycles. The summed E-state index contributed by atoms with van der Waals surface area (Å²) in [6, 6.07) is 56.4. The fourth-order valence-electron chi connectivity index (χ4n) is 7.59. The largest absolute Gasteiger partial charge is 0.228 e. The van der Waals surface area contributed by atoms with E-state index in [0.29, 0.717) is 0 Å². The third kappa shape index (κ3) is 4.40. The third-order valence-corrected chi connectivity index (χ3v) is 9.88. The molecule has 1 aliphatic carbocycles. The molecule has 1 heterocycles. The highest BCUT2D eigenvalue weighted by Gasteiger charge is 2.36. The Morgan fingerprint density at radius 3 is 1.87 bits per heavy atom. The minimum absolute atomic E-state index is 0.0945. The lowest BCUT2D eigenvalue weighted by Crippen LogP contribution is -2.15. The molecule has 1 aromatic heterocycles.